The van der Waals surface area contributed by atoms with Gasteiger partial charge < -0.3 is 25.1 Å². The fraction of sp³-hybridized carbons (Fsp3) is 0.100. The normalized spacial score (nSPS) is 11.0. The number of amides is 1. The Morgan fingerprint density at radius 1 is 1.27 bits per heavy atom. The van der Waals surface area contributed by atoms with Crippen molar-refractivity contribution < 1.29 is 19.8 Å². The van der Waals surface area contributed by atoms with Gasteiger partial charge >= 0.3 is 5.97 Å². The number of aromatic hydroxyl groups is 1. The van der Waals surface area contributed by atoms with Crippen LogP contribution in [0.4, 0.5) is 5.69 Å². The molecule has 3 heterocycles. The van der Waals surface area contributed by atoms with E-state index in [1.165, 1.54) is 11.3 Å². The number of aromatic amines is 1. The molecule has 9 nitrogen and oxygen atoms in total. The summed E-state index contributed by atoms with van der Waals surface area (Å²) in [6.45, 7) is 0. The van der Waals surface area contributed by atoms with E-state index in [1.807, 2.05) is 42.1 Å². The number of benzene rings is 1. The zero-order valence-electron chi connectivity index (χ0n) is 15.7. The fourth-order valence-electron chi connectivity index (χ4n) is 3.25. The number of aromatic carboxylic acids is 1. The lowest BCUT2D eigenvalue weighted by Gasteiger charge is -2.07. The SMILES string of the molecule is Cn1cc(CC(=O)Nc2cscc2-c2nc(C(=O)O)c(O)c(=O)[nH]2)c2ccccc21. The summed E-state index contributed by atoms with van der Waals surface area (Å²) in [7, 11) is 1.91. The minimum Gasteiger partial charge on any atom is -0.501 e. The number of anilines is 1. The van der Waals surface area contributed by atoms with Gasteiger partial charge in [-0.25, -0.2) is 9.78 Å². The largest absolute Gasteiger partial charge is 0.501 e. The number of rotatable bonds is 5. The van der Waals surface area contributed by atoms with Crippen molar-refractivity contribution in [2.24, 2.45) is 7.05 Å². The molecule has 0 unspecified atom stereocenters. The van der Waals surface area contributed by atoms with Crippen molar-refractivity contribution in [3.63, 3.8) is 0 Å². The van der Waals surface area contributed by atoms with E-state index < -0.39 is 23.0 Å². The number of fused-ring (bicyclic) bond motifs is 1. The maximum atomic E-state index is 12.7. The van der Waals surface area contributed by atoms with Crippen molar-refractivity contribution >= 4 is 39.8 Å². The van der Waals surface area contributed by atoms with Crippen LogP contribution in [-0.4, -0.2) is 36.6 Å². The number of thiophene rings is 1. The third-order valence-electron chi connectivity index (χ3n) is 4.62. The second kappa shape index (κ2) is 7.48. The third kappa shape index (κ3) is 3.44. The molecule has 4 N–H and O–H groups in total. The monoisotopic (exact) mass is 424 g/mol. The highest BCUT2D eigenvalue weighted by atomic mass is 32.1. The number of aryl methyl sites for hydroxylation is 1. The molecule has 10 heteroatoms. The summed E-state index contributed by atoms with van der Waals surface area (Å²) in [6, 6.07) is 7.77. The summed E-state index contributed by atoms with van der Waals surface area (Å²) in [5, 5.41) is 25.8. The van der Waals surface area contributed by atoms with Crippen LogP contribution in [0.2, 0.25) is 0 Å². The highest BCUT2D eigenvalue weighted by Gasteiger charge is 2.20. The first-order chi connectivity index (χ1) is 14.3. The molecule has 30 heavy (non-hydrogen) atoms. The van der Waals surface area contributed by atoms with Crippen LogP contribution in [0.5, 0.6) is 5.75 Å². The molecule has 0 saturated heterocycles. The summed E-state index contributed by atoms with van der Waals surface area (Å²) in [4.78, 5) is 41.9. The molecule has 0 aliphatic rings. The first-order valence-corrected chi connectivity index (χ1v) is 9.75. The first-order valence-electron chi connectivity index (χ1n) is 8.81. The number of para-hydroxylation sites is 1. The summed E-state index contributed by atoms with van der Waals surface area (Å²) in [5.74, 6) is -2.83. The number of carbonyl (C=O) groups is 2. The number of hydrogen-bond acceptors (Lipinski definition) is 6. The second-order valence-electron chi connectivity index (χ2n) is 6.62. The molecule has 152 valence electrons. The van der Waals surface area contributed by atoms with Gasteiger partial charge in [-0.15, -0.1) is 11.3 Å². The van der Waals surface area contributed by atoms with Crippen molar-refractivity contribution in [3.8, 4) is 17.1 Å². The molecule has 4 rings (SSSR count). The lowest BCUT2D eigenvalue weighted by Crippen LogP contribution is -2.17. The van der Waals surface area contributed by atoms with Crippen LogP contribution in [0, 0.1) is 0 Å². The van der Waals surface area contributed by atoms with Crippen LogP contribution in [0.15, 0.2) is 46.0 Å². The predicted octanol–water partition coefficient (Wildman–Crippen LogP) is 2.58. The maximum absolute atomic E-state index is 12.7. The lowest BCUT2D eigenvalue weighted by atomic mass is 10.1. The van der Waals surface area contributed by atoms with Crippen molar-refractivity contribution in [1.29, 1.82) is 0 Å². The number of aromatic nitrogens is 3. The smallest absolute Gasteiger partial charge is 0.358 e. The molecule has 0 aliphatic carbocycles. The molecule has 0 fully saturated rings. The number of hydrogen-bond donors (Lipinski definition) is 4. The molecular weight excluding hydrogens is 408 g/mol. The Balaban J connectivity index is 1.62. The number of H-pyrrole nitrogens is 1. The summed E-state index contributed by atoms with van der Waals surface area (Å²) in [6.07, 6.45) is 2.04. The van der Waals surface area contributed by atoms with Gasteiger partial charge in [-0.05, 0) is 11.6 Å². The molecule has 0 radical (unpaired) electrons. The van der Waals surface area contributed by atoms with E-state index in [0.29, 0.717) is 11.3 Å². The van der Waals surface area contributed by atoms with Gasteiger partial charge in [0.05, 0.1) is 17.7 Å². The van der Waals surface area contributed by atoms with E-state index >= 15 is 0 Å². The first kappa shape index (κ1) is 19.4. The number of nitrogens with zero attached hydrogens (tertiary/aromatic N) is 2. The zero-order chi connectivity index (χ0) is 21.4. The molecule has 4 aromatic rings. The van der Waals surface area contributed by atoms with Crippen LogP contribution in [0.3, 0.4) is 0 Å². The van der Waals surface area contributed by atoms with Crippen molar-refractivity contribution in [2.45, 2.75) is 6.42 Å². The van der Waals surface area contributed by atoms with Crippen LogP contribution in [0.25, 0.3) is 22.3 Å². The molecule has 0 atom stereocenters. The summed E-state index contributed by atoms with van der Waals surface area (Å²) < 4.78 is 1.95. The molecule has 1 aromatic carbocycles. The molecular formula is C20H16N4O5S. The van der Waals surface area contributed by atoms with Gasteiger partial charge in [-0.3, -0.25) is 9.59 Å². The van der Waals surface area contributed by atoms with E-state index in [2.05, 4.69) is 15.3 Å². The Labute approximate surface area is 173 Å². The second-order valence-corrected chi connectivity index (χ2v) is 7.37. The quantitative estimate of drug-likeness (QED) is 0.389. The Kier molecular flexibility index (Phi) is 4.84. The topological polar surface area (TPSA) is 137 Å². The van der Waals surface area contributed by atoms with E-state index in [4.69, 9.17) is 5.11 Å². The summed E-state index contributed by atoms with van der Waals surface area (Å²) >= 11 is 1.25. The highest BCUT2D eigenvalue weighted by molar-refractivity contribution is 7.08. The Hall–Kier alpha value is -3.92. The number of carbonyl (C=O) groups excluding carboxylic acids is 1. The Morgan fingerprint density at radius 3 is 2.80 bits per heavy atom. The van der Waals surface area contributed by atoms with Crippen LogP contribution in [0.1, 0.15) is 16.1 Å². The van der Waals surface area contributed by atoms with E-state index in [9.17, 15) is 19.5 Å². The molecule has 0 saturated carbocycles. The average molecular weight is 424 g/mol. The van der Waals surface area contributed by atoms with Gasteiger partial charge in [-0.2, -0.15) is 0 Å². The van der Waals surface area contributed by atoms with Gasteiger partial charge in [-0.1, -0.05) is 18.2 Å². The minimum atomic E-state index is -1.53. The summed E-state index contributed by atoms with van der Waals surface area (Å²) in [5.41, 5.74) is 0.890. The zero-order valence-corrected chi connectivity index (χ0v) is 16.5. The molecule has 0 aliphatic heterocycles. The van der Waals surface area contributed by atoms with Gasteiger partial charge in [0.2, 0.25) is 11.7 Å². The maximum Gasteiger partial charge on any atom is 0.358 e. The van der Waals surface area contributed by atoms with Crippen LogP contribution >= 0.6 is 11.3 Å². The average Bonchev–Trinajstić information content (AvgIpc) is 3.28. The van der Waals surface area contributed by atoms with Crippen molar-refractivity contribution in [2.75, 3.05) is 5.32 Å². The number of nitrogens with one attached hydrogen (secondary N) is 2. The highest BCUT2D eigenvalue weighted by Crippen LogP contribution is 2.30. The van der Waals surface area contributed by atoms with Crippen molar-refractivity contribution in [3.05, 3.63) is 62.8 Å². The van der Waals surface area contributed by atoms with E-state index in [-0.39, 0.29) is 18.2 Å². The van der Waals surface area contributed by atoms with Crippen LogP contribution < -0.4 is 10.9 Å². The molecule has 3 aromatic heterocycles. The minimum absolute atomic E-state index is 0.0584. The molecule has 1 amide bonds. The van der Waals surface area contributed by atoms with E-state index in [0.717, 1.165) is 16.5 Å². The Bertz CT molecular complexity index is 1350. The molecule has 0 bridgehead atoms. The van der Waals surface area contributed by atoms with E-state index in [1.54, 1.807) is 10.8 Å². The fourth-order valence-corrected chi connectivity index (χ4v) is 4.02. The Morgan fingerprint density at radius 2 is 2.03 bits per heavy atom. The van der Waals surface area contributed by atoms with Gasteiger partial charge in [0.1, 0.15) is 5.82 Å². The predicted molar refractivity (Wildman–Crippen MR) is 112 cm³/mol. The van der Waals surface area contributed by atoms with Gasteiger partial charge in [0.25, 0.3) is 5.56 Å². The number of carboxylic acid groups (broad SMARTS) is 1. The van der Waals surface area contributed by atoms with Gasteiger partial charge in [0, 0.05) is 34.9 Å². The standard InChI is InChI=1S/C20H16N4O5S/c1-24-7-10(11-4-2-3-5-14(11)24)6-15(25)21-13-9-30-8-12(13)18-22-16(20(28)29)17(26)19(27)23-18/h2-5,7-9,26H,6H2,1H3,(H,21,25)(H,28,29)(H,22,23,27). The number of carboxylic acids is 1. The van der Waals surface area contributed by atoms with Crippen LogP contribution in [-0.2, 0) is 18.3 Å². The lowest BCUT2D eigenvalue weighted by molar-refractivity contribution is -0.115. The van der Waals surface area contributed by atoms with Crippen molar-refractivity contribution in [1.82, 2.24) is 14.5 Å². The van der Waals surface area contributed by atoms with Gasteiger partial charge in [0.15, 0.2) is 5.69 Å². The molecule has 0 spiro atoms. The third-order valence-corrected chi connectivity index (χ3v) is 5.36.